The van der Waals surface area contributed by atoms with Gasteiger partial charge < -0.3 is 5.11 Å². The molecule has 0 fully saturated rings. The minimum Gasteiger partial charge on any atom is -0.386 e. The maximum atomic E-state index is 10.1. The van der Waals surface area contributed by atoms with Gasteiger partial charge in [-0.3, -0.25) is 0 Å². The Balaban J connectivity index is 4.39. The van der Waals surface area contributed by atoms with Crippen LogP contribution in [0.2, 0.25) is 0 Å². The zero-order valence-corrected chi connectivity index (χ0v) is 11.7. The topological polar surface area (TPSA) is 20.2 Å². The predicted molar refractivity (Wildman–Crippen MR) is 77.0 cm³/mol. The minimum absolute atomic E-state index is 0.517. The van der Waals surface area contributed by atoms with Crippen molar-refractivity contribution in [1.82, 2.24) is 0 Å². The quantitative estimate of drug-likeness (QED) is 0.584. The fourth-order valence-corrected chi connectivity index (χ4v) is 1.77. The van der Waals surface area contributed by atoms with Crippen LogP contribution >= 0.6 is 0 Å². The monoisotopic (exact) mass is 236 g/mol. The molecule has 0 aliphatic rings. The van der Waals surface area contributed by atoms with Gasteiger partial charge in [-0.2, -0.15) is 0 Å². The number of hydrogen-bond donors (Lipinski definition) is 1. The number of allylic oxidation sites excluding steroid dienone is 3. The van der Waals surface area contributed by atoms with Gasteiger partial charge in [0, 0.05) is 0 Å². The van der Waals surface area contributed by atoms with Gasteiger partial charge in [-0.1, -0.05) is 38.2 Å². The van der Waals surface area contributed by atoms with E-state index in [1.165, 1.54) is 0 Å². The molecule has 0 radical (unpaired) electrons. The molecule has 0 saturated heterocycles. The van der Waals surface area contributed by atoms with Crippen molar-refractivity contribution in [2.24, 2.45) is 11.8 Å². The van der Waals surface area contributed by atoms with Crippen LogP contribution in [0, 0.1) is 11.8 Å². The van der Waals surface area contributed by atoms with E-state index in [1.807, 2.05) is 25.2 Å². The van der Waals surface area contributed by atoms with Gasteiger partial charge >= 0.3 is 0 Å². The summed E-state index contributed by atoms with van der Waals surface area (Å²) in [6.45, 7) is 13.7. The summed E-state index contributed by atoms with van der Waals surface area (Å²) in [5.74, 6) is 1.12. The Labute approximate surface area is 107 Å². The molecular formula is C16H28O. The second-order valence-corrected chi connectivity index (χ2v) is 5.32. The Bertz CT molecular complexity index is 248. The molecule has 1 nitrogen and oxygen atoms in total. The van der Waals surface area contributed by atoms with E-state index in [0.717, 1.165) is 25.7 Å². The lowest BCUT2D eigenvalue weighted by atomic mass is 9.88. The van der Waals surface area contributed by atoms with Crippen molar-refractivity contribution in [2.45, 2.75) is 52.1 Å². The molecule has 0 aromatic heterocycles. The van der Waals surface area contributed by atoms with Gasteiger partial charge in [0.05, 0.1) is 5.60 Å². The van der Waals surface area contributed by atoms with Crippen molar-refractivity contribution >= 4 is 0 Å². The van der Waals surface area contributed by atoms with Crippen molar-refractivity contribution in [1.29, 1.82) is 0 Å². The summed E-state index contributed by atoms with van der Waals surface area (Å²) in [5, 5.41) is 10.1. The highest BCUT2D eigenvalue weighted by atomic mass is 16.3. The molecule has 0 bridgehead atoms. The largest absolute Gasteiger partial charge is 0.386 e. The van der Waals surface area contributed by atoms with Crippen LogP contribution in [-0.4, -0.2) is 10.7 Å². The molecule has 1 heteroatoms. The first-order valence-corrected chi connectivity index (χ1v) is 6.56. The molecule has 1 N–H and O–H groups in total. The highest BCUT2D eigenvalue weighted by Gasteiger charge is 2.16. The molecule has 0 rings (SSSR count). The van der Waals surface area contributed by atoms with Crippen LogP contribution in [0.4, 0.5) is 0 Å². The minimum atomic E-state index is -0.713. The normalized spacial score (nSPS) is 17.0. The zero-order chi connectivity index (χ0) is 13.3. The zero-order valence-electron chi connectivity index (χ0n) is 11.7. The van der Waals surface area contributed by atoms with E-state index < -0.39 is 5.60 Å². The van der Waals surface area contributed by atoms with Gasteiger partial charge in [-0.25, -0.2) is 0 Å². The Kier molecular flexibility index (Phi) is 7.90. The molecule has 0 aliphatic heterocycles. The fraction of sp³-hybridized carbons (Fsp3) is 0.625. The molecular weight excluding hydrogens is 208 g/mol. The average molecular weight is 236 g/mol. The van der Waals surface area contributed by atoms with E-state index in [-0.39, 0.29) is 0 Å². The van der Waals surface area contributed by atoms with Crippen molar-refractivity contribution in [3.63, 3.8) is 0 Å². The second kappa shape index (κ2) is 8.30. The molecule has 0 amide bonds. The first-order valence-electron chi connectivity index (χ1n) is 6.56. The van der Waals surface area contributed by atoms with E-state index in [2.05, 4.69) is 33.1 Å². The molecule has 0 aromatic carbocycles. The number of aliphatic hydroxyl groups is 1. The summed E-state index contributed by atoms with van der Waals surface area (Å²) in [4.78, 5) is 0. The Morgan fingerprint density at radius 3 is 2.24 bits per heavy atom. The van der Waals surface area contributed by atoms with Crippen LogP contribution in [-0.2, 0) is 0 Å². The summed E-state index contributed by atoms with van der Waals surface area (Å²) in [6, 6.07) is 0. The molecule has 2 atom stereocenters. The van der Waals surface area contributed by atoms with E-state index in [0.29, 0.717) is 11.8 Å². The Morgan fingerprint density at radius 2 is 1.76 bits per heavy atom. The van der Waals surface area contributed by atoms with E-state index in [1.54, 1.807) is 0 Å². The average Bonchev–Trinajstić information content (AvgIpc) is 2.26. The summed E-state index contributed by atoms with van der Waals surface area (Å²) in [6.07, 6.45) is 11.6. The maximum absolute atomic E-state index is 10.1. The van der Waals surface area contributed by atoms with Crippen LogP contribution in [0.1, 0.15) is 46.5 Å². The van der Waals surface area contributed by atoms with Crippen molar-refractivity contribution in [3.05, 3.63) is 37.5 Å². The Hall–Kier alpha value is -0.820. The fourth-order valence-electron chi connectivity index (χ4n) is 1.77. The lowest BCUT2D eigenvalue weighted by Crippen LogP contribution is -2.21. The molecule has 0 aliphatic carbocycles. The predicted octanol–water partition coefficient (Wildman–Crippen LogP) is 4.50. The highest BCUT2D eigenvalue weighted by Crippen LogP contribution is 2.22. The highest BCUT2D eigenvalue weighted by molar-refractivity contribution is 5.02. The van der Waals surface area contributed by atoms with Crippen molar-refractivity contribution in [3.8, 4) is 0 Å². The third-order valence-electron chi connectivity index (χ3n) is 3.12. The molecule has 0 unspecified atom stereocenters. The first-order chi connectivity index (χ1) is 7.93. The van der Waals surface area contributed by atoms with Gasteiger partial charge in [0.25, 0.3) is 0 Å². The summed E-state index contributed by atoms with van der Waals surface area (Å²) < 4.78 is 0. The van der Waals surface area contributed by atoms with Gasteiger partial charge in [0.1, 0.15) is 0 Å². The summed E-state index contributed by atoms with van der Waals surface area (Å²) in [5.41, 5.74) is -0.713. The third kappa shape index (κ3) is 7.98. The first kappa shape index (κ1) is 16.2. The lowest BCUT2D eigenvalue weighted by molar-refractivity contribution is 0.102. The van der Waals surface area contributed by atoms with Crippen molar-refractivity contribution < 1.29 is 5.11 Å². The van der Waals surface area contributed by atoms with E-state index in [9.17, 15) is 5.11 Å². The van der Waals surface area contributed by atoms with Gasteiger partial charge in [0.15, 0.2) is 0 Å². The summed E-state index contributed by atoms with van der Waals surface area (Å²) in [7, 11) is 0. The van der Waals surface area contributed by atoms with Crippen molar-refractivity contribution in [2.75, 3.05) is 0 Å². The summed E-state index contributed by atoms with van der Waals surface area (Å²) >= 11 is 0. The second-order valence-electron chi connectivity index (χ2n) is 5.32. The molecule has 0 aromatic rings. The molecule has 0 heterocycles. The molecule has 0 spiro atoms. The lowest BCUT2D eigenvalue weighted by Gasteiger charge is -2.21. The smallest absolute Gasteiger partial charge is 0.0802 e. The van der Waals surface area contributed by atoms with Crippen LogP contribution in [0.25, 0.3) is 0 Å². The molecule has 0 saturated carbocycles. The molecule has 98 valence electrons. The molecule has 17 heavy (non-hydrogen) atoms. The van der Waals surface area contributed by atoms with Crippen LogP contribution < -0.4 is 0 Å². The van der Waals surface area contributed by atoms with Crippen LogP contribution in [0.5, 0.6) is 0 Å². The van der Waals surface area contributed by atoms with E-state index >= 15 is 0 Å². The van der Waals surface area contributed by atoms with Crippen LogP contribution in [0.3, 0.4) is 0 Å². The SMILES string of the molecule is C=CCC[C@@H](/C=C/[C@@](C)(O)CCC=C)C(C)C. The van der Waals surface area contributed by atoms with Gasteiger partial charge in [-0.05, 0) is 44.4 Å². The van der Waals surface area contributed by atoms with Gasteiger partial charge in [-0.15, -0.1) is 13.2 Å². The third-order valence-corrected chi connectivity index (χ3v) is 3.12. The Morgan fingerprint density at radius 1 is 1.18 bits per heavy atom. The standard InChI is InChI=1S/C16H28O/c1-6-8-10-15(14(3)4)11-13-16(5,17)12-9-7-2/h6-7,11,13-15,17H,1-2,8-10,12H2,3-5H3/b13-11+/t15-,16-/m0/s1. The number of rotatable bonds is 9. The van der Waals surface area contributed by atoms with E-state index in [4.69, 9.17) is 0 Å². The van der Waals surface area contributed by atoms with Gasteiger partial charge in [0.2, 0.25) is 0 Å². The van der Waals surface area contributed by atoms with Crippen LogP contribution in [0.15, 0.2) is 37.5 Å². The maximum Gasteiger partial charge on any atom is 0.0802 e. The number of hydrogen-bond acceptors (Lipinski definition) is 1.